The highest BCUT2D eigenvalue weighted by atomic mass is 79.9. The number of hydrogen-bond donors (Lipinski definition) is 2. The minimum absolute atomic E-state index is 0.0214. The van der Waals surface area contributed by atoms with Crippen LogP contribution in [0, 0.1) is 0 Å². The number of hydrogen-bond acceptors (Lipinski definition) is 4. The third-order valence-corrected chi connectivity index (χ3v) is 5.23. The van der Waals surface area contributed by atoms with Gasteiger partial charge in [0, 0.05) is 23.6 Å². The monoisotopic (exact) mass is 378 g/mol. The molecular weight excluding hydrogens is 364 g/mol. The molecule has 9 heteroatoms. The molecule has 1 aliphatic heterocycles. The fourth-order valence-corrected chi connectivity index (χ4v) is 4.14. The number of methoxy groups -OCH3 is 1. The Balaban J connectivity index is 2.20. The zero-order valence-electron chi connectivity index (χ0n) is 11.2. The van der Waals surface area contributed by atoms with E-state index in [0.717, 1.165) is 0 Å². The van der Waals surface area contributed by atoms with Crippen molar-refractivity contribution < 1.29 is 23.1 Å². The molecule has 0 aromatic heterocycles. The molecule has 0 bridgehead atoms. The lowest BCUT2D eigenvalue weighted by Crippen LogP contribution is -2.38. The summed E-state index contributed by atoms with van der Waals surface area (Å²) in [6.45, 7) is 0.461. The SMILES string of the molecule is COc1ccc(Br)cc1S(=O)(=O)N[C@@H]1CCN(C(=O)O)C1. The van der Waals surface area contributed by atoms with Crippen LogP contribution in [0.15, 0.2) is 27.6 Å². The van der Waals surface area contributed by atoms with Crippen molar-refractivity contribution in [3.05, 3.63) is 22.7 Å². The van der Waals surface area contributed by atoms with E-state index in [1.807, 2.05) is 0 Å². The lowest BCUT2D eigenvalue weighted by atomic mass is 10.3. The highest BCUT2D eigenvalue weighted by Crippen LogP contribution is 2.27. The maximum atomic E-state index is 12.4. The van der Waals surface area contributed by atoms with Crippen LogP contribution >= 0.6 is 15.9 Å². The number of ether oxygens (including phenoxy) is 1. The van der Waals surface area contributed by atoms with Crippen LogP contribution in [0.25, 0.3) is 0 Å². The summed E-state index contributed by atoms with van der Waals surface area (Å²) in [7, 11) is -2.39. The van der Waals surface area contributed by atoms with E-state index >= 15 is 0 Å². The van der Waals surface area contributed by atoms with Gasteiger partial charge in [-0.2, -0.15) is 0 Å². The van der Waals surface area contributed by atoms with Crippen LogP contribution < -0.4 is 9.46 Å². The van der Waals surface area contributed by atoms with E-state index < -0.39 is 22.2 Å². The Bertz CT molecular complexity index is 649. The summed E-state index contributed by atoms with van der Waals surface area (Å²) in [4.78, 5) is 12.1. The van der Waals surface area contributed by atoms with Crippen LogP contribution in [-0.4, -0.2) is 50.8 Å². The first-order valence-corrected chi connectivity index (χ1v) is 8.45. The molecule has 1 aliphatic rings. The zero-order chi connectivity index (χ0) is 15.6. The molecule has 1 aromatic rings. The number of halogens is 1. The predicted octanol–water partition coefficient (Wildman–Crippen LogP) is 1.49. The number of carbonyl (C=O) groups is 1. The van der Waals surface area contributed by atoms with E-state index in [0.29, 0.717) is 17.4 Å². The van der Waals surface area contributed by atoms with Gasteiger partial charge in [-0.1, -0.05) is 15.9 Å². The van der Waals surface area contributed by atoms with Crippen molar-refractivity contribution in [2.75, 3.05) is 20.2 Å². The summed E-state index contributed by atoms with van der Waals surface area (Å²) >= 11 is 3.23. The van der Waals surface area contributed by atoms with E-state index in [1.54, 1.807) is 12.1 Å². The van der Waals surface area contributed by atoms with Gasteiger partial charge in [-0.15, -0.1) is 0 Å². The lowest BCUT2D eigenvalue weighted by molar-refractivity contribution is 0.155. The number of sulfonamides is 1. The fourth-order valence-electron chi connectivity index (χ4n) is 2.17. The first-order valence-electron chi connectivity index (χ1n) is 6.17. The summed E-state index contributed by atoms with van der Waals surface area (Å²) in [5, 5.41) is 8.89. The summed E-state index contributed by atoms with van der Waals surface area (Å²) in [6, 6.07) is 4.25. The van der Waals surface area contributed by atoms with Gasteiger partial charge in [0.15, 0.2) is 0 Å². The average Bonchev–Trinajstić information content (AvgIpc) is 2.86. The number of likely N-dealkylation sites (tertiary alicyclic amines) is 1. The van der Waals surface area contributed by atoms with Gasteiger partial charge in [0.1, 0.15) is 10.6 Å². The van der Waals surface area contributed by atoms with Crippen LogP contribution in [0.1, 0.15) is 6.42 Å². The van der Waals surface area contributed by atoms with Crippen molar-refractivity contribution >= 4 is 32.0 Å². The highest BCUT2D eigenvalue weighted by molar-refractivity contribution is 9.10. The second-order valence-corrected chi connectivity index (χ2v) is 7.23. The standard InChI is InChI=1S/C12H15BrN2O5S/c1-20-10-3-2-8(13)6-11(10)21(18,19)14-9-4-5-15(7-9)12(16)17/h2-3,6,9,14H,4-5,7H2,1H3,(H,16,17)/t9-/m1/s1. The van der Waals surface area contributed by atoms with Crippen LogP contribution in [-0.2, 0) is 10.0 Å². The van der Waals surface area contributed by atoms with E-state index in [2.05, 4.69) is 20.7 Å². The van der Waals surface area contributed by atoms with E-state index in [4.69, 9.17) is 9.84 Å². The molecule has 1 aromatic carbocycles. The summed E-state index contributed by atoms with van der Waals surface area (Å²) in [5.74, 6) is 0.235. The summed E-state index contributed by atoms with van der Waals surface area (Å²) in [6.07, 6.45) is -0.598. The first kappa shape index (κ1) is 16.1. The van der Waals surface area contributed by atoms with Crippen molar-refractivity contribution in [3.8, 4) is 5.75 Å². The molecule has 0 aliphatic carbocycles. The van der Waals surface area contributed by atoms with Gasteiger partial charge in [0.05, 0.1) is 7.11 Å². The lowest BCUT2D eigenvalue weighted by Gasteiger charge is -2.16. The van der Waals surface area contributed by atoms with Gasteiger partial charge in [0.25, 0.3) is 0 Å². The third kappa shape index (κ3) is 3.66. The van der Waals surface area contributed by atoms with Crippen LogP contribution in [0.2, 0.25) is 0 Å². The highest BCUT2D eigenvalue weighted by Gasteiger charge is 2.30. The molecule has 1 fully saturated rings. The number of nitrogens with zero attached hydrogens (tertiary/aromatic N) is 1. The Morgan fingerprint density at radius 1 is 1.52 bits per heavy atom. The molecule has 2 rings (SSSR count). The Morgan fingerprint density at radius 2 is 2.24 bits per heavy atom. The smallest absolute Gasteiger partial charge is 0.407 e. The first-order chi connectivity index (χ1) is 9.83. The van der Waals surface area contributed by atoms with Gasteiger partial charge in [-0.3, -0.25) is 0 Å². The van der Waals surface area contributed by atoms with Crippen LogP contribution in [0.5, 0.6) is 5.75 Å². The summed E-state index contributed by atoms with van der Waals surface area (Å²) in [5.41, 5.74) is 0. The maximum Gasteiger partial charge on any atom is 0.407 e. The Labute approximate surface area is 131 Å². The van der Waals surface area contributed by atoms with Crippen molar-refractivity contribution in [3.63, 3.8) is 0 Å². The number of rotatable bonds is 4. The minimum Gasteiger partial charge on any atom is -0.495 e. The number of carboxylic acid groups (broad SMARTS) is 1. The van der Waals surface area contributed by atoms with E-state index in [1.165, 1.54) is 18.1 Å². The molecule has 0 radical (unpaired) electrons. The molecule has 0 spiro atoms. The average molecular weight is 379 g/mol. The number of nitrogens with one attached hydrogen (secondary N) is 1. The third-order valence-electron chi connectivity index (χ3n) is 3.20. The van der Waals surface area contributed by atoms with Crippen molar-refractivity contribution in [2.24, 2.45) is 0 Å². The van der Waals surface area contributed by atoms with Crippen LogP contribution in [0.4, 0.5) is 4.79 Å². The zero-order valence-corrected chi connectivity index (χ0v) is 13.6. The molecule has 1 heterocycles. The van der Waals surface area contributed by atoms with Gasteiger partial charge >= 0.3 is 6.09 Å². The van der Waals surface area contributed by atoms with Crippen molar-refractivity contribution in [1.29, 1.82) is 0 Å². The summed E-state index contributed by atoms with van der Waals surface area (Å²) < 4.78 is 33.0. The van der Waals surface area contributed by atoms with Crippen molar-refractivity contribution in [1.82, 2.24) is 9.62 Å². The molecular formula is C12H15BrN2O5S. The van der Waals surface area contributed by atoms with Gasteiger partial charge in [-0.25, -0.2) is 17.9 Å². The second-order valence-electron chi connectivity index (χ2n) is 4.63. The minimum atomic E-state index is -3.78. The van der Waals surface area contributed by atoms with Gasteiger partial charge in [-0.05, 0) is 24.6 Å². The normalized spacial score (nSPS) is 18.8. The molecule has 21 heavy (non-hydrogen) atoms. The van der Waals surface area contributed by atoms with Crippen molar-refractivity contribution in [2.45, 2.75) is 17.4 Å². The Hall–Kier alpha value is -1.32. The second kappa shape index (κ2) is 6.20. The molecule has 116 valence electrons. The van der Waals surface area contributed by atoms with Gasteiger partial charge in [0.2, 0.25) is 10.0 Å². The maximum absolute atomic E-state index is 12.4. The predicted molar refractivity (Wildman–Crippen MR) is 79.0 cm³/mol. The number of amides is 1. The van der Waals surface area contributed by atoms with E-state index in [-0.39, 0.29) is 17.2 Å². The molecule has 0 unspecified atom stereocenters. The topological polar surface area (TPSA) is 95.9 Å². The molecule has 1 atom stereocenters. The van der Waals surface area contributed by atoms with Gasteiger partial charge < -0.3 is 14.7 Å². The molecule has 1 amide bonds. The number of benzene rings is 1. The Morgan fingerprint density at radius 3 is 2.81 bits per heavy atom. The quantitative estimate of drug-likeness (QED) is 0.827. The van der Waals surface area contributed by atoms with Crippen LogP contribution in [0.3, 0.4) is 0 Å². The molecule has 1 saturated heterocycles. The molecule has 2 N–H and O–H groups in total. The Kier molecular flexibility index (Phi) is 4.74. The fraction of sp³-hybridized carbons (Fsp3) is 0.417. The largest absolute Gasteiger partial charge is 0.495 e. The van der Waals surface area contributed by atoms with E-state index in [9.17, 15) is 13.2 Å². The molecule has 7 nitrogen and oxygen atoms in total. The molecule has 0 saturated carbocycles.